The van der Waals surface area contributed by atoms with Crippen LogP contribution in [0.3, 0.4) is 0 Å². The van der Waals surface area contributed by atoms with Crippen molar-refractivity contribution in [3.8, 4) is 11.5 Å². The Hall–Kier alpha value is -2.11. The van der Waals surface area contributed by atoms with Crippen LogP contribution in [0.4, 0.5) is 4.39 Å². The summed E-state index contributed by atoms with van der Waals surface area (Å²) < 4.78 is 30.5. The molecule has 25 heavy (non-hydrogen) atoms. The zero-order valence-electron chi connectivity index (χ0n) is 14.2. The maximum Gasteiger partial charge on any atom is 0.361 e. The van der Waals surface area contributed by atoms with E-state index in [1.807, 2.05) is 36.4 Å². The highest BCUT2D eigenvalue weighted by Gasteiger charge is 2.32. The maximum atomic E-state index is 13.2. The fourth-order valence-electron chi connectivity index (χ4n) is 3.68. The molecule has 2 aliphatic heterocycles. The minimum Gasteiger partial charge on any atom is -0.428 e. The van der Waals surface area contributed by atoms with Gasteiger partial charge in [-0.15, -0.1) is 0 Å². The Bertz CT molecular complexity index is 696. The van der Waals surface area contributed by atoms with Crippen LogP contribution in [0.25, 0.3) is 0 Å². The second kappa shape index (κ2) is 7.02. The van der Waals surface area contributed by atoms with Gasteiger partial charge in [0.1, 0.15) is 5.82 Å². The summed E-state index contributed by atoms with van der Waals surface area (Å²) in [5.41, 5.74) is 1.17. The normalized spacial score (nSPS) is 23.8. The zero-order valence-corrected chi connectivity index (χ0v) is 14.2. The second-order valence-corrected chi connectivity index (χ2v) is 6.77. The molecule has 4 rings (SSSR count). The molecule has 2 atom stereocenters. The van der Waals surface area contributed by atoms with Crippen molar-refractivity contribution in [2.24, 2.45) is 5.92 Å². The molecule has 0 aromatic heterocycles. The van der Waals surface area contributed by atoms with Gasteiger partial charge in [-0.05, 0) is 55.8 Å². The Kier molecular flexibility index (Phi) is 4.59. The van der Waals surface area contributed by atoms with Gasteiger partial charge < -0.3 is 19.1 Å². The molecule has 2 aromatic rings. The van der Waals surface area contributed by atoms with E-state index in [0.717, 1.165) is 19.5 Å². The van der Waals surface area contributed by atoms with Gasteiger partial charge in [0, 0.05) is 12.5 Å². The molecule has 0 unspecified atom stereocenters. The van der Waals surface area contributed by atoms with Crippen molar-refractivity contribution in [1.29, 1.82) is 0 Å². The number of likely N-dealkylation sites (tertiary alicyclic amines) is 1. The SMILES string of the molecule is CN1CC[C@@H](c2ccc(F)cc2)[C@H](COC2Oc3ccccc3O2)C1. The van der Waals surface area contributed by atoms with Gasteiger partial charge in [-0.1, -0.05) is 24.3 Å². The van der Waals surface area contributed by atoms with E-state index in [0.29, 0.717) is 29.9 Å². The molecule has 0 spiro atoms. The first-order valence-corrected chi connectivity index (χ1v) is 8.67. The lowest BCUT2D eigenvalue weighted by molar-refractivity contribution is -0.187. The topological polar surface area (TPSA) is 30.9 Å². The van der Waals surface area contributed by atoms with Crippen molar-refractivity contribution < 1.29 is 18.6 Å². The average molecular weight is 343 g/mol. The van der Waals surface area contributed by atoms with Crippen molar-refractivity contribution >= 4 is 0 Å². The Balaban J connectivity index is 1.41. The number of halogens is 1. The van der Waals surface area contributed by atoms with Gasteiger partial charge in [0.25, 0.3) is 0 Å². The van der Waals surface area contributed by atoms with Crippen molar-refractivity contribution in [2.75, 3.05) is 26.7 Å². The summed E-state index contributed by atoms with van der Waals surface area (Å²) in [4.78, 5) is 2.30. The summed E-state index contributed by atoms with van der Waals surface area (Å²) in [7, 11) is 2.12. The fourth-order valence-corrected chi connectivity index (χ4v) is 3.68. The summed E-state index contributed by atoms with van der Waals surface area (Å²) in [6.07, 6.45) is 1.03. The molecule has 0 saturated carbocycles. The van der Waals surface area contributed by atoms with Crippen LogP contribution in [0.2, 0.25) is 0 Å². The van der Waals surface area contributed by atoms with Crippen molar-refractivity contribution in [3.05, 3.63) is 59.9 Å². The molecular weight excluding hydrogens is 321 g/mol. The largest absolute Gasteiger partial charge is 0.428 e. The number of nitrogens with zero attached hydrogens (tertiary/aromatic N) is 1. The quantitative estimate of drug-likeness (QED) is 0.848. The lowest BCUT2D eigenvalue weighted by Gasteiger charge is -2.37. The molecule has 0 N–H and O–H groups in total. The number of hydrogen-bond donors (Lipinski definition) is 0. The van der Waals surface area contributed by atoms with Crippen LogP contribution in [0.15, 0.2) is 48.5 Å². The number of para-hydroxylation sites is 2. The third kappa shape index (κ3) is 3.62. The van der Waals surface area contributed by atoms with Gasteiger partial charge in [0.2, 0.25) is 0 Å². The molecule has 0 radical (unpaired) electrons. The molecule has 0 aliphatic carbocycles. The van der Waals surface area contributed by atoms with E-state index >= 15 is 0 Å². The lowest BCUT2D eigenvalue weighted by atomic mass is 9.81. The number of hydrogen-bond acceptors (Lipinski definition) is 4. The van der Waals surface area contributed by atoms with Crippen molar-refractivity contribution in [3.63, 3.8) is 0 Å². The number of benzene rings is 2. The van der Waals surface area contributed by atoms with Crippen molar-refractivity contribution in [1.82, 2.24) is 4.90 Å². The van der Waals surface area contributed by atoms with Gasteiger partial charge in [0.05, 0.1) is 6.61 Å². The van der Waals surface area contributed by atoms with Crippen LogP contribution in [0, 0.1) is 11.7 Å². The molecular formula is C20H22FNO3. The van der Waals surface area contributed by atoms with Gasteiger partial charge in [-0.25, -0.2) is 4.39 Å². The lowest BCUT2D eigenvalue weighted by Crippen LogP contribution is -2.40. The monoisotopic (exact) mass is 343 g/mol. The highest BCUT2D eigenvalue weighted by Crippen LogP contribution is 2.36. The molecule has 2 aromatic carbocycles. The van der Waals surface area contributed by atoms with Crippen LogP contribution in [-0.2, 0) is 4.74 Å². The minimum absolute atomic E-state index is 0.199. The third-order valence-corrected chi connectivity index (χ3v) is 4.98. The number of rotatable bonds is 4. The van der Waals surface area contributed by atoms with E-state index < -0.39 is 6.48 Å². The van der Waals surface area contributed by atoms with Gasteiger partial charge in [-0.3, -0.25) is 0 Å². The van der Waals surface area contributed by atoms with Gasteiger partial charge in [-0.2, -0.15) is 0 Å². The molecule has 2 heterocycles. The maximum absolute atomic E-state index is 13.2. The summed E-state index contributed by atoms with van der Waals surface area (Å²) >= 11 is 0. The van der Waals surface area contributed by atoms with E-state index in [1.165, 1.54) is 17.7 Å². The minimum atomic E-state index is -0.696. The first kappa shape index (κ1) is 16.4. The molecule has 1 fully saturated rings. The standard InChI is InChI=1S/C20H22FNO3/c1-22-11-10-17(14-6-8-16(21)9-7-14)15(12-22)13-23-20-24-18-4-2-3-5-19(18)25-20/h2-9,15,17,20H,10-13H2,1H3/t15-,17-/m0/s1. The van der Waals surface area contributed by atoms with E-state index in [1.54, 1.807) is 0 Å². The number of fused-ring (bicyclic) bond motifs is 1. The zero-order chi connectivity index (χ0) is 17.2. The molecule has 1 saturated heterocycles. The predicted octanol–water partition coefficient (Wildman–Crippen LogP) is 3.63. The highest BCUT2D eigenvalue weighted by atomic mass is 19.1. The van der Waals surface area contributed by atoms with Crippen molar-refractivity contribution in [2.45, 2.75) is 18.8 Å². The third-order valence-electron chi connectivity index (χ3n) is 4.98. The Morgan fingerprint density at radius 1 is 1.08 bits per heavy atom. The molecule has 5 heteroatoms. The van der Waals surface area contributed by atoms with Crippen LogP contribution in [0.5, 0.6) is 11.5 Å². The van der Waals surface area contributed by atoms with Crippen LogP contribution in [0.1, 0.15) is 17.9 Å². The van der Waals surface area contributed by atoms with Crippen LogP contribution >= 0.6 is 0 Å². The summed E-state index contributed by atoms with van der Waals surface area (Å²) in [6.45, 7) is 1.80. The Morgan fingerprint density at radius 3 is 2.44 bits per heavy atom. The predicted molar refractivity (Wildman–Crippen MR) is 92.2 cm³/mol. The molecule has 4 nitrogen and oxygen atoms in total. The molecule has 0 bridgehead atoms. The molecule has 0 amide bonds. The number of piperidine rings is 1. The summed E-state index contributed by atoms with van der Waals surface area (Å²) in [5.74, 6) is 1.88. The van der Waals surface area contributed by atoms with Crippen LogP contribution in [-0.4, -0.2) is 38.1 Å². The average Bonchev–Trinajstić information content (AvgIpc) is 3.04. The first-order chi connectivity index (χ1) is 12.2. The molecule has 132 valence electrons. The smallest absolute Gasteiger partial charge is 0.361 e. The summed E-state index contributed by atoms with van der Waals surface area (Å²) in [5, 5.41) is 0. The first-order valence-electron chi connectivity index (χ1n) is 8.67. The Morgan fingerprint density at radius 2 is 1.76 bits per heavy atom. The van der Waals surface area contributed by atoms with Gasteiger partial charge in [0.15, 0.2) is 11.5 Å². The number of ether oxygens (including phenoxy) is 3. The fraction of sp³-hybridized carbons (Fsp3) is 0.400. The molecule has 2 aliphatic rings. The van der Waals surface area contributed by atoms with E-state index in [-0.39, 0.29) is 5.82 Å². The van der Waals surface area contributed by atoms with E-state index in [9.17, 15) is 4.39 Å². The van der Waals surface area contributed by atoms with Gasteiger partial charge >= 0.3 is 6.48 Å². The second-order valence-electron chi connectivity index (χ2n) is 6.77. The Labute approximate surface area is 147 Å². The highest BCUT2D eigenvalue weighted by molar-refractivity contribution is 5.41. The summed E-state index contributed by atoms with van der Waals surface area (Å²) in [6, 6.07) is 14.4. The van der Waals surface area contributed by atoms with E-state index in [2.05, 4.69) is 11.9 Å². The van der Waals surface area contributed by atoms with E-state index in [4.69, 9.17) is 14.2 Å². The van der Waals surface area contributed by atoms with Crippen LogP contribution < -0.4 is 9.47 Å².